The number of amides is 2. The summed E-state index contributed by atoms with van der Waals surface area (Å²) in [6, 6.07) is 6.33. The van der Waals surface area contributed by atoms with Gasteiger partial charge in [0.05, 0.1) is 9.80 Å². The molecule has 2 aliphatic heterocycles. The number of thiophene rings is 1. The topological polar surface area (TPSA) is 99.9 Å². The minimum atomic E-state index is -0.471. The Balaban J connectivity index is 1.39. The van der Waals surface area contributed by atoms with Crippen LogP contribution in [0, 0.1) is 10.1 Å². The Hall–Kier alpha value is -3.01. The van der Waals surface area contributed by atoms with Crippen LogP contribution >= 0.6 is 11.3 Å². The average Bonchev–Trinajstić information content (AvgIpc) is 3.33. The van der Waals surface area contributed by atoms with Gasteiger partial charge in [0.1, 0.15) is 18.1 Å². The monoisotopic (exact) mass is 429 g/mol. The summed E-state index contributed by atoms with van der Waals surface area (Å²) in [5.41, 5.74) is -0.0413. The van der Waals surface area contributed by atoms with Crippen molar-refractivity contribution in [1.82, 2.24) is 14.8 Å². The number of piperidine rings is 1. The Labute approximate surface area is 178 Å². The fourth-order valence-corrected chi connectivity index (χ4v) is 4.69. The molecule has 30 heavy (non-hydrogen) atoms. The molecule has 10 heteroatoms. The van der Waals surface area contributed by atoms with Crippen LogP contribution in [0.4, 0.5) is 11.5 Å². The molecule has 0 N–H and O–H groups in total. The first kappa shape index (κ1) is 20.3. The number of carbonyl (C=O) groups is 2. The number of nitro groups is 1. The van der Waals surface area contributed by atoms with Crippen LogP contribution in [0.5, 0.6) is 0 Å². The molecule has 158 valence electrons. The normalized spacial score (nSPS) is 19.6. The first-order valence-electron chi connectivity index (χ1n) is 10.0. The predicted octanol–water partition coefficient (Wildman–Crippen LogP) is 2.39. The highest BCUT2D eigenvalue weighted by Gasteiger charge is 2.36. The zero-order valence-corrected chi connectivity index (χ0v) is 17.3. The zero-order valence-electron chi connectivity index (χ0n) is 16.5. The van der Waals surface area contributed by atoms with Gasteiger partial charge in [-0.2, -0.15) is 0 Å². The smallest absolute Gasteiger partial charge is 0.287 e. The third-order valence-electron chi connectivity index (χ3n) is 5.64. The van der Waals surface area contributed by atoms with Crippen molar-refractivity contribution < 1.29 is 14.5 Å². The van der Waals surface area contributed by atoms with Gasteiger partial charge in [-0.3, -0.25) is 19.7 Å². The second-order valence-electron chi connectivity index (χ2n) is 7.43. The minimum Gasteiger partial charge on any atom is -0.353 e. The summed E-state index contributed by atoms with van der Waals surface area (Å²) in [5, 5.41) is 12.7. The molecule has 4 rings (SSSR count). The Morgan fingerprint density at radius 1 is 1.10 bits per heavy atom. The van der Waals surface area contributed by atoms with E-state index in [0.717, 1.165) is 12.8 Å². The van der Waals surface area contributed by atoms with Crippen molar-refractivity contribution in [3.05, 3.63) is 50.8 Å². The lowest BCUT2D eigenvalue weighted by Gasteiger charge is -2.41. The van der Waals surface area contributed by atoms with Crippen molar-refractivity contribution in [2.45, 2.75) is 25.3 Å². The van der Waals surface area contributed by atoms with Gasteiger partial charge >= 0.3 is 0 Å². The van der Waals surface area contributed by atoms with Gasteiger partial charge in [0.2, 0.25) is 5.91 Å². The van der Waals surface area contributed by atoms with E-state index in [1.165, 1.54) is 23.6 Å². The van der Waals surface area contributed by atoms with Gasteiger partial charge in [-0.15, -0.1) is 11.3 Å². The highest BCUT2D eigenvalue weighted by Crippen LogP contribution is 2.24. The molecule has 2 aromatic rings. The van der Waals surface area contributed by atoms with Crippen molar-refractivity contribution in [2.24, 2.45) is 0 Å². The number of anilines is 1. The third-order valence-corrected chi connectivity index (χ3v) is 6.50. The molecule has 0 aromatic carbocycles. The maximum Gasteiger partial charge on any atom is 0.287 e. The lowest BCUT2D eigenvalue weighted by Crippen LogP contribution is -2.57. The predicted molar refractivity (Wildman–Crippen MR) is 113 cm³/mol. The summed E-state index contributed by atoms with van der Waals surface area (Å²) in [7, 11) is 0. The summed E-state index contributed by atoms with van der Waals surface area (Å²) in [4.78, 5) is 46.8. The number of rotatable bonds is 4. The largest absolute Gasteiger partial charge is 0.353 e. The van der Waals surface area contributed by atoms with Gasteiger partial charge in [0.25, 0.3) is 11.6 Å². The van der Waals surface area contributed by atoms with Crippen molar-refractivity contribution in [3.8, 4) is 0 Å². The number of nitrogens with zero attached hydrogens (tertiary/aromatic N) is 5. The van der Waals surface area contributed by atoms with Crippen LogP contribution in [0.3, 0.4) is 0 Å². The molecular formula is C20H23N5O4S. The lowest BCUT2D eigenvalue weighted by atomic mass is 10.00. The second-order valence-corrected chi connectivity index (χ2v) is 8.38. The van der Waals surface area contributed by atoms with Gasteiger partial charge in [-0.1, -0.05) is 6.07 Å². The molecule has 2 amide bonds. The SMILES string of the molecule is O=C(C1CCCCN1C(=O)c1cccs1)N1CCN(c2ccc([N+](=O)[O-])cn2)CC1. The maximum absolute atomic E-state index is 13.2. The molecule has 2 aromatic heterocycles. The van der Waals surface area contributed by atoms with E-state index in [4.69, 9.17) is 0 Å². The van der Waals surface area contributed by atoms with Gasteiger partial charge in [0, 0.05) is 38.8 Å². The first-order chi connectivity index (χ1) is 14.5. The molecule has 2 aliphatic rings. The van der Waals surface area contributed by atoms with E-state index in [2.05, 4.69) is 4.98 Å². The number of likely N-dealkylation sites (tertiary alicyclic amines) is 1. The molecule has 0 radical (unpaired) electrons. The van der Waals surface area contributed by atoms with Crippen molar-refractivity contribution in [1.29, 1.82) is 0 Å². The zero-order chi connectivity index (χ0) is 21.1. The summed E-state index contributed by atoms with van der Waals surface area (Å²) < 4.78 is 0. The number of hydrogen-bond acceptors (Lipinski definition) is 7. The van der Waals surface area contributed by atoms with Crippen LogP contribution in [0.1, 0.15) is 28.9 Å². The van der Waals surface area contributed by atoms with E-state index in [0.29, 0.717) is 49.8 Å². The fraction of sp³-hybridized carbons (Fsp3) is 0.450. The molecule has 4 heterocycles. The average molecular weight is 430 g/mol. The Morgan fingerprint density at radius 2 is 1.90 bits per heavy atom. The molecule has 0 bridgehead atoms. The van der Waals surface area contributed by atoms with Crippen molar-refractivity contribution in [3.63, 3.8) is 0 Å². The number of carbonyl (C=O) groups excluding carboxylic acids is 2. The van der Waals surface area contributed by atoms with Crippen LogP contribution in [0.15, 0.2) is 35.8 Å². The molecule has 0 saturated carbocycles. The van der Waals surface area contributed by atoms with Crippen LogP contribution < -0.4 is 4.90 Å². The van der Waals surface area contributed by atoms with Crippen molar-refractivity contribution >= 4 is 34.7 Å². The summed E-state index contributed by atoms with van der Waals surface area (Å²) in [6.45, 7) is 2.88. The Kier molecular flexibility index (Phi) is 5.93. The molecule has 1 atom stereocenters. The number of hydrogen-bond donors (Lipinski definition) is 0. The summed E-state index contributed by atoms with van der Waals surface area (Å²) >= 11 is 1.40. The Morgan fingerprint density at radius 3 is 2.53 bits per heavy atom. The van der Waals surface area contributed by atoms with E-state index in [1.54, 1.807) is 17.0 Å². The van der Waals surface area contributed by atoms with E-state index in [1.807, 2.05) is 21.2 Å². The van der Waals surface area contributed by atoms with Crippen LogP contribution in [0.2, 0.25) is 0 Å². The molecule has 9 nitrogen and oxygen atoms in total. The lowest BCUT2D eigenvalue weighted by molar-refractivity contribution is -0.385. The number of pyridine rings is 1. The van der Waals surface area contributed by atoms with Crippen LogP contribution in [-0.4, -0.2) is 70.3 Å². The van der Waals surface area contributed by atoms with Gasteiger partial charge in [-0.25, -0.2) is 4.98 Å². The number of piperazine rings is 1. The third kappa shape index (κ3) is 4.13. The van der Waals surface area contributed by atoms with Gasteiger partial charge in [-0.05, 0) is 36.8 Å². The molecule has 2 saturated heterocycles. The first-order valence-corrected chi connectivity index (χ1v) is 10.9. The van der Waals surface area contributed by atoms with Crippen LogP contribution in [-0.2, 0) is 4.79 Å². The molecule has 0 aliphatic carbocycles. The maximum atomic E-state index is 13.2. The van der Waals surface area contributed by atoms with Crippen LogP contribution in [0.25, 0.3) is 0 Å². The fourth-order valence-electron chi connectivity index (χ4n) is 4.01. The number of aromatic nitrogens is 1. The standard InChI is InChI=1S/C20H23N5O4S/c26-19(16-4-1-2-8-24(16)20(27)17-5-3-13-30-17)23-11-9-22(10-12-23)18-7-6-15(14-21-18)25(28)29/h3,5-7,13-14,16H,1-2,4,8-12H2. The van der Waals surface area contributed by atoms with E-state index in [9.17, 15) is 19.7 Å². The Bertz CT molecular complexity index is 910. The quantitative estimate of drug-likeness (QED) is 0.547. The molecule has 1 unspecified atom stereocenters. The van der Waals surface area contributed by atoms with E-state index in [-0.39, 0.29) is 17.5 Å². The highest BCUT2D eigenvalue weighted by molar-refractivity contribution is 7.12. The van der Waals surface area contributed by atoms with E-state index >= 15 is 0 Å². The summed E-state index contributed by atoms with van der Waals surface area (Å²) in [5.74, 6) is 0.618. The summed E-state index contributed by atoms with van der Waals surface area (Å²) in [6.07, 6.45) is 3.81. The van der Waals surface area contributed by atoms with Gasteiger partial charge in [0.15, 0.2) is 0 Å². The van der Waals surface area contributed by atoms with E-state index < -0.39 is 11.0 Å². The highest BCUT2D eigenvalue weighted by atomic mass is 32.1. The molecule has 2 fully saturated rings. The minimum absolute atomic E-state index is 0.0101. The van der Waals surface area contributed by atoms with Crippen molar-refractivity contribution in [2.75, 3.05) is 37.6 Å². The van der Waals surface area contributed by atoms with Gasteiger partial charge < -0.3 is 14.7 Å². The molecular weight excluding hydrogens is 406 g/mol. The molecule has 0 spiro atoms. The second kappa shape index (κ2) is 8.78.